The Morgan fingerprint density at radius 3 is 1.93 bits per heavy atom. The summed E-state index contributed by atoms with van der Waals surface area (Å²) in [6, 6.07) is 0. The van der Waals surface area contributed by atoms with Gasteiger partial charge in [-0.1, -0.05) is 20.8 Å². The first kappa shape index (κ1) is 14.1. The summed E-state index contributed by atoms with van der Waals surface area (Å²) >= 11 is 0. The van der Waals surface area contributed by atoms with Crippen molar-refractivity contribution < 1.29 is 13.9 Å². The molecule has 0 aliphatic rings. The van der Waals surface area contributed by atoms with Crippen LogP contribution in [0.3, 0.4) is 0 Å². The average molecular weight is 222 g/mol. The summed E-state index contributed by atoms with van der Waals surface area (Å²) in [6.07, 6.45) is 0. The lowest BCUT2D eigenvalue weighted by Gasteiger charge is -2.37. The molecule has 0 aliphatic carbocycles. The Morgan fingerprint density at radius 2 is 1.64 bits per heavy atom. The van der Waals surface area contributed by atoms with Crippen molar-refractivity contribution in [1.82, 2.24) is 0 Å². The molecule has 1 N–H and O–H groups in total. The molecular weight excluding hydrogens is 199 g/mol. The molecular formula is C10H23FO2Si. The molecule has 0 bridgehead atoms. The maximum atomic E-state index is 13.4. The SMILES string of the molecule is CC(C)(C)[Si](C)(C)OC[C@](C)(F)CO. The highest BCUT2D eigenvalue weighted by atomic mass is 28.4. The second kappa shape index (κ2) is 4.29. The van der Waals surface area contributed by atoms with E-state index in [1.54, 1.807) is 0 Å². The van der Waals surface area contributed by atoms with Gasteiger partial charge in [-0.25, -0.2) is 4.39 Å². The molecule has 0 heterocycles. The summed E-state index contributed by atoms with van der Waals surface area (Å²) in [4.78, 5) is 0. The lowest BCUT2D eigenvalue weighted by Crippen LogP contribution is -2.45. The highest BCUT2D eigenvalue weighted by Gasteiger charge is 2.39. The van der Waals surface area contributed by atoms with E-state index in [1.807, 2.05) is 0 Å². The van der Waals surface area contributed by atoms with Crippen molar-refractivity contribution in [2.45, 2.75) is 51.5 Å². The number of rotatable bonds is 4. The predicted octanol–water partition coefficient (Wildman–Crippen LogP) is 2.73. The number of alkyl halides is 1. The molecule has 1 atom stereocenters. The van der Waals surface area contributed by atoms with Crippen LogP contribution in [0.15, 0.2) is 0 Å². The van der Waals surface area contributed by atoms with Gasteiger partial charge in [0.15, 0.2) is 14.0 Å². The van der Waals surface area contributed by atoms with E-state index in [0.717, 1.165) is 0 Å². The third-order valence-electron chi connectivity index (χ3n) is 2.87. The van der Waals surface area contributed by atoms with Gasteiger partial charge in [-0.3, -0.25) is 0 Å². The summed E-state index contributed by atoms with van der Waals surface area (Å²) < 4.78 is 19.0. The van der Waals surface area contributed by atoms with Gasteiger partial charge in [-0.2, -0.15) is 0 Å². The monoisotopic (exact) mass is 222 g/mol. The molecule has 0 saturated carbocycles. The van der Waals surface area contributed by atoms with Gasteiger partial charge in [0, 0.05) is 0 Å². The van der Waals surface area contributed by atoms with Gasteiger partial charge >= 0.3 is 0 Å². The van der Waals surface area contributed by atoms with Crippen LogP contribution >= 0.6 is 0 Å². The Bertz CT molecular complexity index is 185. The lowest BCUT2D eigenvalue weighted by molar-refractivity contribution is 0.0357. The van der Waals surface area contributed by atoms with Crippen LogP contribution in [0.2, 0.25) is 18.1 Å². The van der Waals surface area contributed by atoms with Gasteiger partial charge in [0.2, 0.25) is 0 Å². The molecule has 0 aromatic heterocycles. The summed E-state index contributed by atoms with van der Waals surface area (Å²) in [5.74, 6) is 0. The van der Waals surface area contributed by atoms with Gasteiger partial charge in [-0.05, 0) is 25.1 Å². The van der Waals surface area contributed by atoms with Crippen molar-refractivity contribution in [2.75, 3.05) is 13.2 Å². The number of hydrogen-bond acceptors (Lipinski definition) is 2. The Balaban J connectivity index is 4.27. The van der Waals surface area contributed by atoms with Gasteiger partial charge in [0.05, 0.1) is 13.2 Å². The standard InChI is InChI=1S/C10H23FO2Si/c1-9(2,3)14(5,6)13-8-10(4,11)7-12/h12H,7-8H2,1-6H3/t10-/m1/s1. The molecule has 0 fully saturated rings. The van der Waals surface area contributed by atoms with Crippen LogP contribution in [0.4, 0.5) is 4.39 Å². The fraction of sp³-hybridized carbons (Fsp3) is 1.00. The first-order valence-corrected chi connectivity index (χ1v) is 7.86. The average Bonchev–Trinajstić information content (AvgIpc) is 1.99. The molecule has 0 rings (SSSR count). The first-order valence-electron chi connectivity index (χ1n) is 4.96. The van der Waals surface area contributed by atoms with E-state index in [-0.39, 0.29) is 11.6 Å². The van der Waals surface area contributed by atoms with Crippen LogP contribution in [-0.2, 0) is 4.43 Å². The third kappa shape index (κ3) is 4.07. The Hall–Kier alpha value is 0.0669. The van der Waals surface area contributed by atoms with Crippen molar-refractivity contribution in [3.05, 3.63) is 0 Å². The first-order chi connectivity index (χ1) is 6.02. The second-order valence-corrected chi connectivity index (χ2v) is 10.4. The topological polar surface area (TPSA) is 29.5 Å². The molecule has 4 heteroatoms. The molecule has 0 unspecified atom stereocenters. The summed E-state index contributed by atoms with van der Waals surface area (Å²) in [5.41, 5.74) is -1.62. The highest BCUT2D eigenvalue weighted by molar-refractivity contribution is 6.74. The van der Waals surface area contributed by atoms with E-state index >= 15 is 0 Å². The summed E-state index contributed by atoms with van der Waals surface area (Å²) in [6.45, 7) is 11.3. The van der Waals surface area contributed by atoms with E-state index in [2.05, 4.69) is 33.9 Å². The van der Waals surface area contributed by atoms with Crippen molar-refractivity contribution in [3.8, 4) is 0 Å². The van der Waals surface area contributed by atoms with Gasteiger partial charge in [0.1, 0.15) is 0 Å². The van der Waals surface area contributed by atoms with Gasteiger partial charge < -0.3 is 9.53 Å². The van der Waals surface area contributed by atoms with Crippen molar-refractivity contribution >= 4 is 8.32 Å². The minimum Gasteiger partial charge on any atom is -0.413 e. The zero-order valence-corrected chi connectivity index (χ0v) is 11.1. The number of hydrogen-bond donors (Lipinski definition) is 1. The Morgan fingerprint density at radius 1 is 1.21 bits per heavy atom. The van der Waals surface area contributed by atoms with E-state index in [4.69, 9.17) is 9.53 Å². The highest BCUT2D eigenvalue weighted by Crippen LogP contribution is 2.37. The quantitative estimate of drug-likeness (QED) is 0.741. The van der Waals surface area contributed by atoms with Crippen molar-refractivity contribution in [3.63, 3.8) is 0 Å². The summed E-state index contributed by atoms with van der Waals surface area (Å²) in [5, 5.41) is 8.84. The van der Waals surface area contributed by atoms with E-state index in [9.17, 15) is 4.39 Å². The minimum atomic E-state index is -1.88. The Kier molecular flexibility index (Phi) is 4.31. The number of halogens is 1. The minimum absolute atomic E-state index is 0.0139. The smallest absolute Gasteiger partial charge is 0.192 e. The number of aliphatic hydroxyl groups excluding tert-OH is 1. The van der Waals surface area contributed by atoms with E-state index < -0.39 is 20.6 Å². The maximum absolute atomic E-state index is 13.4. The normalized spacial score (nSPS) is 18.0. The second-order valence-electron chi connectivity index (χ2n) is 5.62. The predicted molar refractivity (Wildman–Crippen MR) is 59.7 cm³/mol. The molecule has 0 amide bonds. The molecule has 86 valence electrons. The van der Waals surface area contributed by atoms with Crippen LogP contribution in [-0.4, -0.2) is 32.3 Å². The molecule has 14 heavy (non-hydrogen) atoms. The van der Waals surface area contributed by atoms with Crippen LogP contribution in [0.5, 0.6) is 0 Å². The Labute approximate surface area is 87.6 Å². The van der Waals surface area contributed by atoms with E-state index in [1.165, 1.54) is 6.92 Å². The molecule has 2 nitrogen and oxygen atoms in total. The molecule has 0 radical (unpaired) electrons. The lowest BCUT2D eigenvalue weighted by atomic mass is 10.2. The van der Waals surface area contributed by atoms with E-state index in [0.29, 0.717) is 0 Å². The van der Waals surface area contributed by atoms with Crippen molar-refractivity contribution in [2.24, 2.45) is 0 Å². The molecule has 0 aromatic carbocycles. The van der Waals surface area contributed by atoms with Crippen LogP contribution in [0, 0.1) is 0 Å². The van der Waals surface area contributed by atoms with Crippen LogP contribution in [0.1, 0.15) is 27.7 Å². The largest absolute Gasteiger partial charge is 0.413 e. The molecule has 0 aromatic rings. The maximum Gasteiger partial charge on any atom is 0.192 e. The third-order valence-corrected chi connectivity index (χ3v) is 7.35. The van der Waals surface area contributed by atoms with Crippen molar-refractivity contribution in [1.29, 1.82) is 0 Å². The fourth-order valence-electron chi connectivity index (χ4n) is 0.593. The van der Waals surface area contributed by atoms with Gasteiger partial charge in [0.25, 0.3) is 0 Å². The number of aliphatic hydroxyl groups is 1. The zero-order valence-electron chi connectivity index (χ0n) is 10.1. The van der Waals surface area contributed by atoms with Crippen LogP contribution in [0.25, 0.3) is 0 Å². The zero-order chi connectivity index (χ0) is 11.6. The van der Waals surface area contributed by atoms with Crippen LogP contribution < -0.4 is 0 Å². The molecule has 0 aliphatic heterocycles. The molecule has 0 spiro atoms. The summed E-state index contributed by atoms with van der Waals surface area (Å²) in [7, 11) is -1.88. The van der Waals surface area contributed by atoms with Gasteiger partial charge in [-0.15, -0.1) is 0 Å². The molecule has 0 saturated heterocycles. The fourth-order valence-corrected chi connectivity index (χ4v) is 1.69.